The molecule has 0 bridgehead atoms. The number of urea groups is 1. The Balaban J connectivity index is 2.04. The molecule has 1 unspecified atom stereocenters. The number of rotatable bonds is 6. The predicted molar refractivity (Wildman–Crippen MR) is 55.1 cm³/mol. The van der Waals surface area contributed by atoms with Gasteiger partial charge in [-0.15, -0.1) is 0 Å². The van der Waals surface area contributed by atoms with Crippen LogP contribution in [0.4, 0.5) is 4.79 Å². The number of carbonyl (C=O) groups is 1. The molecule has 0 aromatic carbocycles. The first-order valence-electron chi connectivity index (χ1n) is 5.40. The molecule has 0 spiro atoms. The molecule has 0 radical (unpaired) electrons. The normalized spacial score (nSPS) is 21.4. The third-order valence-electron chi connectivity index (χ3n) is 2.49. The Kier molecular flexibility index (Phi) is 4.73. The van der Waals surface area contributed by atoms with Gasteiger partial charge in [-0.2, -0.15) is 0 Å². The average Bonchev–Trinajstić information content (AvgIpc) is 2.45. The van der Waals surface area contributed by atoms with E-state index < -0.39 is 0 Å². The van der Waals surface area contributed by atoms with Crippen molar-refractivity contribution in [2.45, 2.75) is 38.6 Å². The minimum absolute atomic E-state index is 0.0691. The maximum absolute atomic E-state index is 11.3. The zero-order valence-electron chi connectivity index (χ0n) is 8.83. The van der Waals surface area contributed by atoms with E-state index in [1.165, 1.54) is 0 Å². The van der Waals surface area contributed by atoms with Crippen LogP contribution >= 0.6 is 0 Å². The van der Waals surface area contributed by atoms with E-state index in [1.807, 2.05) is 11.8 Å². The fraction of sp³-hybridized carbons (Fsp3) is 0.900. The fourth-order valence-electron chi connectivity index (χ4n) is 1.72. The van der Waals surface area contributed by atoms with Crippen LogP contribution in [-0.4, -0.2) is 41.8 Å². The molecular weight excluding hydrogens is 180 g/mol. The Morgan fingerprint density at radius 2 is 2.14 bits per heavy atom. The van der Waals surface area contributed by atoms with E-state index in [0.29, 0.717) is 6.04 Å². The lowest BCUT2D eigenvalue weighted by Crippen LogP contribution is -2.29. The third-order valence-corrected chi connectivity index (χ3v) is 2.49. The van der Waals surface area contributed by atoms with Crippen molar-refractivity contribution in [3.63, 3.8) is 0 Å². The van der Waals surface area contributed by atoms with Crippen LogP contribution in [0.3, 0.4) is 0 Å². The molecule has 0 saturated carbocycles. The summed E-state index contributed by atoms with van der Waals surface area (Å²) in [6, 6.07) is 0.361. The number of nitrogens with zero attached hydrogens (tertiary/aromatic N) is 1. The fourth-order valence-corrected chi connectivity index (χ4v) is 1.72. The average molecular weight is 200 g/mol. The van der Waals surface area contributed by atoms with Gasteiger partial charge in [0.05, 0.1) is 0 Å². The Bertz CT molecular complexity index is 185. The summed E-state index contributed by atoms with van der Waals surface area (Å²) in [4.78, 5) is 13.1. The van der Waals surface area contributed by atoms with Crippen molar-refractivity contribution in [3.8, 4) is 0 Å². The summed E-state index contributed by atoms with van der Waals surface area (Å²) < 4.78 is 0. The molecule has 4 nitrogen and oxygen atoms in total. The van der Waals surface area contributed by atoms with Gasteiger partial charge in [-0.3, -0.25) is 0 Å². The van der Waals surface area contributed by atoms with Gasteiger partial charge in [0.2, 0.25) is 0 Å². The first-order chi connectivity index (χ1) is 6.74. The lowest BCUT2D eigenvalue weighted by Gasteiger charge is -2.13. The first-order valence-corrected chi connectivity index (χ1v) is 5.40. The Morgan fingerprint density at radius 1 is 1.43 bits per heavy atom. The molecule has 1 saturated heterocycles. The highest BCUT2D eigenvalue weighted by atomic mass is 16.2. The molecule has 82 valence electrons. The molecule has 4 heteroatoms. The van der Waals surface area contributed by atoms with E-state index in [0.717, 1.165) is 38.8 Å². The summed E-state index contributed by atoms with van der Waals surface area (Å²) in [6.45, 7) is 3.98. The van der Waals surface area contributed by atoms with Gasteiger partial charge in [0.25, 0.3) is 0 Å². The maximum atomic E-state index is 11.3. The summed E-state index contributed by atoms with van der Waals surface area (Å²) in [7, 11) is 0. The Morgan fingerprint density at radius 3 is 2.71 bits per heavy atom. The topological polar surface area (TPSA) is 52.6 Å². The molecule has 0 aliphatic carbocycles. The molecule has 0 aromatic heterocycles. The number of aliphatic hydroxyl groups is 1. The van der Waals surface area contributed by atoms with Gasteiger partial charge < -0.3 is 15.3 Å². The maximum Gasteiger partial charge on any atom is 0.317 e. The van der Waals surface area contributed by atoms with Gasteiger partial charge in [0.1, 0.15) is 0 Å². The molecule has 1 aliphatic heterocycles. The van der Waals surface area contributed by atoms with Crippen molar-refractivity contribution in [3.05, 3.63) is 0 Å². The summed E-state index contributed by atoms with van der Waals surface area (Å²) in [5.41, 5.74) is 0. The van der Waals surface area contributed by atoms with Crippen molar-refractivity contribution < 1.29 is 9.90 Å². The highest BCUT2D eigenvalue weighted by Gasteiger charge is 2.24. The summed E-state index contributed by atoms with van der Waals surface area (Å²) in [5.74, 6) is 0. The molecule has 1 fully saturated rings. The Hall–Kier alpha value is -0.770. The molecule has 2 amide bonds. The molecule has 14 heavy (non-hydrogen) atoms. The van der Waals surface area contributed by atoms with E-state index in [2.05, 4.69) is 5.32 Å². The van der Waals surface area contributed by atoms with Crippen LogP contribution in [0.1, 0.15) is 32.6 Å². The predicted octanol–water partition coefficient (Wildman–Crippen LogP) is 0.953. The monoisotopic (exact) mass is 200 g/mol. The minimum atomic E-state index is 0.0691. The van der Waals surface area contributed by atoms with Crippen LogP contribution in [0.2, 0.25) is 0 Å². The zero-order chi connectivity index (χ0) is 10.4. The van der Waals surface area contributed by atoms with Gasteiger partial charge in [-0.25, -0.2) is 4.79 Å². The van der Waals surface area contributed by atoms with Gasteiger partial charge in [-0.05, 0) is 19.8 Å². The SMILES string of the molecule is CC1CN(CCCCCCO)C(=O)N1. The molecule has 1 aliphatic rings. The number of aliphatic hydroxyl groups excluding tert-OH is 1. The van der Waals surface area contributed by atoms with E-state index in [4.69, 9.17) is 5.11 Å². The zero-order valence-corrected chi connectivity index (χ0v) is 8.83. The minimum Gasteiger partial charge on any atom is -0.396 e. The molecule has 0 aromatic rings. The number of nitrogens with one attached hydrogen (secondary N) is 1. The van der Waals surface area contributed by atoms with Crippen LogP contribution in [-0.2, 0) is 0 Å². The van der Waals surface area contributed by atoms with Crippen LogP contribution in [0.25, 0.3) is 0 Å². The first kappa shape index (κ1) is 11.3. The highest BCUT2D eigenvalue weighted by molar-refractivity contribution is 5.76. The summed E-state index contributed by atoms with van der Waals surface area (Å²) in [5, 5.41) is 11.4. The van der Waals surface area contributed by atoms with Gasteiger partial charge >= 0.3 is 6.03 Å². The summed E-state index contributed by atoms with van der Waals surface area (Å²) >= 11 is 0. The van der Waals surface area contributed by atoms with Crippen molar-refractivity contribution in [1.82, 2.24) is 10.2 Å². The largest absolute Gasteiger partial charge is 0.396 e. The van der Waals surface area contributed by atoms with E-state index in [9.17, 15) is 4.79 Å². The van der Waals surface area contributed by atoms with E-state index in [-0.39, 0.29) is 12.6 Å². The number of hydrogen-bond donors (Lipinski definition) is 2. The second-order valence-corrected chi connectivity index (χ2v) is 3.93. The lowest BCUT2D eigenvalue weighted by molar-refractivity contribution is 0.216. The van der Waals surface area contributed by atoms with Crippen LogP contribution in [0.5, 0.6) is 0 Å². The Labute approximate surface area is 85.3 Å². The quantitative estimate of drug-likeness (QED) is 0.627. The second-order valence-electron chi connectivity index (χ2n) is 3.93. The molecule has 1 atom stereocenters. The summed E-state index contributed by atoms with van der Waals surface area (Å²) in [6.07, 6.45) is 4.07. The number of carbonyl (C=O) groups excluding carboxylic acids is 1. The molecule has 2 N–H and O–H groups in total. The van der Waals surface area contributed by atoms with E-state index in [1.54, 1.807) is 0 Å². The molecule has 1 heterocycles. The smallest absolute Gasteiger partial charge is 0.317 e. The molecule has 1 rings (SSSR count). The van der Waals surface area contributed by atoms with Crippen molar-refractivity contribution in [1.29, 1.82) is 0 Å². The van der Waals surface area contributed by atoms with Crippen LogP contribution in [0, 0.1) is 0 Å². The van der Waals surface area contributed by atoms with Crippen molar-refractivity contribution in [2.75, 3.05) is 19.7 Å². The van der Waals surface area contributed by atoms with Gasteiger partial charge in [0, 0.05) is 25.7 Å². The van der Waals surface area contributed by atoms with Gasteiger partial charge in [-0.1, -0.05) is 12.8 Å². The van der Waals surface area contributed by atoms with Crippen LogP contribution < -0.4 is 5.32 Å². The number of amides is 2. The van der Waals surface area contributed by atoms with E-state index >= 15 is 0 Å². The van der Waals surface area contributed by atoms with Crippen molar-refractivity contribution in [2.24, 2.45) is 0 Å². The number of hydrogen-bond acceptors (Lipinski definition) is 2. The third kappa shape index (κ3) is 3.54. The standard InChI is InChI=1S/C10H20N2O2/c1-9-8-12(10(14)11-9)6-4-2-3-5-7-13/h9,13H,2-8H2,1H3,(H,11,14). The van der Waals surface area contributed by atoms with Crippen molar-refractivity contribution >= 4 is 6.03 Å². The lowest BCUT2D eigenvalue weighted by atomic mass is 10.2. The van der Waals surface area contributed by atoms with Gasteiger partial charge in [0.15, 0.2) is 0 Å². The van der Waals surface area contributed by atoms with Crippen LogP contribution in [0.15, 0.2) is 0 Å². The number of unbranched alkanes of at least 4 members (excludes halogenated alkanes) is 3. The molecular formula is C10H20N2O2. The highest BCUT2D eigenvalue weighted by Crippen LogP contribution is 2.06. The second kappa shape index (κ2) is 5.86.